The zero-order valence-electron chi connectivity index (χ0n) is 16.1. The Hall–Kier alpha value is -3.32. The van der Waals surface area contributed by atoms with Gasteiger partial charge in [0.25, 0.3) is 5.91 Å². The van der Waals surface area contributed by atoms with E-state index in [1.54, 1.807) is 23.1 Å². The van der Waals surface area contributed by atoms with Crippen molar-refractivity contribution in [1.29, 1.82) is 0 Å². The fraction of sp³-hybridized carbons (Fsp3) is 0.273. The topological polar surface area (TPSA) is 98.7 Å². The van der Waals surface area contributed by atoms with Crippen LogP contribution in [0.15, 0.2) is 48.5 Å². The predicted octanol–water partition coefficient (Wildman–Crippen LogP) is 3.11. The van der Waals surface area contributed by atoms with E-state index < -0.39 is 0 Å². The number of aromatic amines is 1. The van der Waals surface area contributed by atoms with Crippen LogP contribution in [0.2, 0.25) is 0 Å². The van der Waals surface area contributed by atoms with Gasteiger partial charge in [-0.25, -0.2) is 0 Å². The molecule has 4 rings (SSSR count). The fourth-order valence-electron chi connectivity index (χ4n) is 3.81. The molecule has 0 fully saturated rings. The van der Waals surface area contributed by atoms with E-state index >= 15 is 0 Å². The van der Waals surface area contributed by atoms with Crippen LogP contribution in [0.1, 0.15) is 41.0 Å². The number of carbonyl (C=O) groups is 1. The average molecular weight is 393 g/mol. The van der Waals surface area contributed by atoms with Gasteiger partial charge in [-0.15, -0.1) is 0 Å². The zero-order valence-corrected chi connectivity index (χ0v) is 16.1. The summed E-state index contributed by atoms with van der Waals surface area (Å²) in [4.78, 5) is 14.8. The molecule has 29 heavy (non-hydrogen) atoms. The van der Waals surface area contributed by atoms with Gasteiger partial charge in [0.1, 0.15) is 22.9 Å². The number of carbonyl (C=O) groups excluding carboxylic acids is 1. The lowest BCUT2D eigenvalue weighted by Crippen LogP contribution is -2.31. The molecule has 7 nitrogen and oxygen atoms in total. The number of fused-ring (bicyclic) bond motifs is 1. The zero-order chi connectivity index (χ0) is 20.4. The SMILES string of the molecule is CCOc1ccc([C@H]2c3c(-c4ccccc4O)n[nH]c3C(=O)N2CCCO)cc1. The third-order valence-electron chi connectivity index (χ3n) is 5.09. The van der Waals surface area contributed by atoms with E-state index in [9.17, 15) is 15.0 Å². The molecule has 0 saturated heterocycles. The largest absolute Gasteiger partial charge is 0.507 e. The van der Waals surface area contributed by atoms with Crippen molar-refractivity contribution in [2.75, 3.05) is 19.8 Å². The standard InChI is InChI=1S/C22H23N3O4/c1-2-29-15-10-8-14(9-11-15)21-18-19(16-6-3-4-7-17(16)27)23-24-20(18)22(28)25(21)12-5-13-26/h3-4,6-11,21,26-27H,2,5,12-13H2,1H3,(H,23,24)/t21-/m0/s1. The maximum Gasteiger partial charge on any atom is 0.273 e. The highest BCUT2D eigenvalue weighted by Crippen LogP contribution is 2.44. The minimum atomic E-state index is -0.368. The van der Waals surface area contributed by atoms with Crippen molar-refractivity contribution in [3.05, 3.63) is 65.4 Å². The van der Waals surface area contributed by atoms with Crippen LogP contribution in [-0.4, -0.2) is 51.0 Å². The summed E-state index contributed by atoms with van der Waals surface area (Å²) in [6.07, 6.45) is 0.475. The van der Waals surface area contributed by atoms with Crippen molar-refractivity contribution < 1.29 is 19.7 Å². The molecule has 1 aliphatic heterocycles. The molecular weight excluding hydrogens is 370 g/mol. The fourth-order valence-corrected chi connectivity index (χ4v) is 3.81. The van der Waals surface area contributed by atoms with Crippen LogP contribution < -0.4 is 4.74 Å². The number of aromatic nitrogens is 2. The van der Waals surface area contributed by atoms with Gasteiger partial charge in [0.15, 0.2) is 0 Å². The Bertz CT molecular complexity index is 1010. The Morgan fingerprint density at radius 1 is 1.17 bits per heavy atom. The normalized spacial score (nSPS) is 15.6. The first-order chi connectivity index (χ1) is 14.2. The van der Waals surface area contributed by atoms with Gasteiger partial charge in [0.05, 0.1) is 12.6 Å². The molecule has 0 unspecified atom stereocenters. The van der Waals surface area contributed by atoms with Crippen LogP contribution in [0.3, 0.4) is 0 Å². The van der Waals surface area contributed by atoms with E-state index in [-0.39, 0.29) is 24.3 Å². The van der Waals surface area contributed by atoms with Crippen molar-refractivity contribution in [3.8, 4) is 22.8 Å². The summed E-state index contributed by atoms with van der Waals surface area (Å²) < 4.78 is 5.53. The van der Waals surface area contributed by atoms with Crippen LogP contribution in [-0.2, 0) is 0 Å². The van der Waals surface area contributed by atoms with Crippen LogP contribution in [0.5, 0.6) is 11.5 Å². The maximum atomic E-state index is 13.1. The highest BCUT2D eigenvalue weighted by Gasteiger charge is 2.42. The number of aromatic hydroxyl groups is 1. The summed E-state index contributed by atoms with van der Waals surface area (Å²) in [6.45, 7) is 2.91. The second-order valence-corrected chi connectivity index (χ2v) is 6.86. The monoisotopic (exact) mass is 393 g/mol. The summed E-state index contributed by atoms with van der Waals surface area (Å²) in [6, 6.07) is 14.2. The number of para-hydroxylation sites is 1. The number of rotatable bonds is 7. The van der Waals surface area contributed by atoms with Gasteiger partial charge in [0, 0.05) is 24.3 Å². The van der Waals surface area contributed by atoms with Crippen molar-refractivity contribution in [1.82, 2.24) is 15.1 Å². The quantitative estimate of drug-likeness (QED) is 0.573. The van der Waals surface area contributed by atoms with Crippen LogP contribution in [0.4, 0.5) is 0 Å². The number of phenols is 1. The third-order valence-corrected chi connectivity index (χ3v) is 5.09. The average Bonchev–Trinajstić information content (AvgIpc) is 3.27. The minimum absolute atomic E-state index is 0.00169. The molecule has 1 aliphatic rings. The summed E-state index contributed by atoms with van der Waals surface area (Å²) in [5.41, 5.74) is 3.19. The molecule has 1 atom stereocenters. The van der Waals surface area contributed by atoms with E-state index in [4.69, 9.17) is 4.74 Å². The summed E-state index contributed by atoms with van der Waals surface area (Å²) >= 11 is 0. The number of amides is 1. The second-order valence-electron chi connectivity index (χ2n) is 6.86. The number of hydrogen-bond acceptors (Lipinski definition) is 5. The minimum Gasteiger partial charge on any atom is -0.507 e. The van der Waals surface area contributed by atoms with E-state index in [0.717, 1.165) is 16.9 Å². The van der Waals surface area contributed by atoms with Crippen molar-refractivity contribution in [2.45, 2.75) is 19.4 Å². The summed E-state index contributed by atoms with van der Waals surface area (Å²) in [7, 11) is 0. The number of benzene rings is 2. The van der Waals surface area contributed by atoms with Crippen molar-refractivity contribution >= 4 is 5.91 Å². The first kappa shape index (κ1) is 19.0. The Balaban J connectivity index is 1.83. The molecule has 0 bridgehead atoms. The lowest BCUT2D eigenvalue weighted by atomic mass is 9.95. The van der Waals surface area contributed by atoms with Gasteiger partial charge in [-0.1, -0.05) is 24.3 Å². The third kappa shape index (κ3) is 3.34. The molecule has 0 radical (unpaired) electrons. The number of aliphatic hydroxyl groups is 1. The number of hydrogen-bond donors (Lipinski definition) is 3. The molecule has 1 amide bonds. The molecule has 3 aromatic rings. The second kappa shape index (κ2) is 7.97. The molecular formula is C22H23N3O4. The lowest BCUT2D eigenvalue weighted by Gasteiger charge is -2.26. The van der Waals surface area contributed by atoms with Gasteiger partial charge in [-0.3, -0.25) is 9.89 Å². The smallest absolute Gasteiger partial charge is 0.273 e. The van der Waals surface area contributed by atoms with E-state index in [2.05, 4.69) is 10.2 Å². The number of H-pyrrole nitrogens is 1. The van der Waals surface area contributed by atoms with Gasteiger partial charge in [0.2, 0.25) is 0 Å². The number of nitrogens with zero attached hydrogens (tertiary/aromatic N) is 2. The number of ether oxygens (including phenoxy) is 1. The molecule has 2 heterocycles. The first-order valence-corrected chi connectivity index (χ1v) is 9.67. The number of phenolic OH excluding ortho intramolecular Hbond substituents is 1. The molecule has 0 saturated carbocycles. The van der Waals surface area contributed by atoms with Gasteiger partial charge >= 0.3 is 0 Å². The highest BCUT2D eigenvalue weighted by molar-refractivity contribution is 6.00. The maximum absolute atomic E-state index is 13.1. The molecule has 7 heteroatoms. The summed E-state index contributed by atoms with van der Waals surface area (Å²) in [5.74, 6) is 0.700. The molecule has 3 N–H and O–H groups in total. The molecule has 0 spiro atoms. The van der Waals surface area contributed by atoms with E-state index in [1.807, 2.05) is 37.3 Å². The number of nitrogens with one attached hydrogen (secondary N) is 1. The van der Waals surface area contributed by atoms with Gasteiger partial charge < -0.3 is 19.8 Å². The molecule has 2 aromatic carbocycles. The van der Waals surface area contributed by atoms with Crippen LogP contribution in [0, 0.1) is 0 Å². The first-order valence-electron chi connectivity index (χ1n) is 9.67. The van der Waals surface area contributed by atoms with E-state index in [1.165, 1.54) is 0 Å². The lowest BCUT2D eigenvalue weighted by molar-refractivity contribution is 0.0732. The van der Waals surface area contributed by atoms with Crippen LogP contribution in [0.25, 0.3) is 11.3 Å². The van der Waals surface area contributed by atoms with E-state index in [0.29, 0.717) is 36.5 Å². The van der Waals surface area contributed by atoms with Gasteiger partial charge in [-0.2, -0.15) is 5.10 Å². The Labute approximate surface area is 168 Å². The van der Waals surface area contributed by atoms with Crippen LogP contribution >= 0.6 is 0 Å². The Morgan fingerprint density at radius 2 is 1.93 bits per heavy atom. The molecule has 0 aliphatic carbocycles. The molecule has 1 aromatic heterocycles. The van der Waals surface area contributed by atoms with Crippen molar-refractivity contribution in [2.24, 2.45) is 0 Å². The molecule has 150 valence electrons. The Kier molecular flexibility index (Phi) is 5.22. The number of aliphatic hydroxyl groups excluding tert-OH is 1. The predicted molar refractivity (Wildman–Crippen MR) is 108 cm³/mol. The summed E-state index contributed by atoms with van der Waals surface area (Å²) in [5, 5.41) is 26.8. The van der Waals surface area contributed by atoms with Gasteiger partial charge in [-0.05, 0) is 43.2 Å². The Morgan fingerprint density at radius 3 is 2.62 bits per heavy atom. The van der Waals surface area contributed by atoms with Crippen molar-refractivity contribution in [3.63, 3.8) is 0 Å². The highest BCUT2D eigenvalue weighted by atomic mass is 16.5.